The summed E-state index contributed by atoms with van der Waals surface area (Å²) in [4.78, 5) is 11.2. The van der Waals surface area contributed by atoms with Gasteiger partial charge in [-0.15, -0.1) is 12.4 Å². The molecular formula is C12H13Cl2F2NO4. The lowest BCUT2D eigenvalue weighted by Crippen LogP contribution is -2.49. The molecule has 5 nitrogen and oxygen atoms in total. The van der Waals surface area contributed by atoms with Crippen molar-refractivity contribution >= 4 is 30.1 Å². The Morgan fingerprint density at radius 2 is 2.05 bits per heavy atom. The number of benzene rings is 1. The zero-order valence-electron chi connectivity index (χ0n) is 11.1. The van der Waals surface area contributed by atoms with Crippen LogP contribution in [0.3, 0.4) is 0 Å². The Labute approximate surface area is 130 Å². The number of halogens is 4. The molecule has 1 fully saturated rings. The second-order valence-electron chi connectivity index (χ2n) is 4.12. The first-order chi connectivity index (χ1) is 9.40. The summed E-state index contributed by atoms with van der Waals surface area (Å²) in [6, 6.07) is 1.21. The number of alkyl halides is 2. The van der Waals surface area contributed by atoms with E-state index in [0.717, 1.165) is 0 Å². The van der Waals surface area contributed by atoms with E-state index in [1.54, 1.807) is 0 Å². The molecule has 1 amide bonds. The minimum Gasteiger partial charge on any atom is -0.493 e. The van der Waals surface area contributed by atoms with Gasteiger partial charge >= 0.3 is 12.0 Å². The molecule has 1 heterocycles. The van der Waals surface area contributed by atoms with Gasteiger partial charge in [-0.25, -0.2) is 13.6 Å². The minimum atomic E-state index is -3.28. The SMILES string of the molecule is COc1ccc([C@H]2NC(=O)OCC2(F)F)c(Cl)c1OC.Cl. The maximum absolute atomic E-state index is 13.9. The molecule has 2 rings (SSSR count). The maximum atomic E-state index is 13.9. The summed E-state index contributed by atoms with van der Waals surface area (Å²) in [7, 11) is 2.74. The van der Waals surface area contributed by atoms with Crippen LogP contribution in [0.1, 0.15) is 11.6 Å². The van der Waals surface area contributed by atoms with Crippen LogP contribution >= 0.6 is 24.0 Å². The topological polar surface area (TPSA) is 56.8 Å². The Morgan fingerprint density at radius 3 is 2.62 bits per heavy atom. The van der Waals surface area contributed by atoms with Crippen molar-refractivity contribution in [3.63, 3.8) is 0 Å². The molecule has 0 bridgehead atoms. The van der Waals surface area contributed by atoms with E-state index in [4.69, 9.17) is 21.1 Å². The van der Waals surface area contributed by atoms with Gasteiger partial charge in [0.05, 0.1) is 19.2 Å². The molecule has 118 valence electrons. The van der Waals surface area contributed by atoms with E-state index in [2.05, 4.69) is 10.1 Å². The van der Waals surface area contributed by atoms with Crippen LogP contribution in [0, 0.1) is 0 Å². The highest BCUT2D eigenvalue weighted by atomic mass is 35.5. The zero-order valence-corrected chi connectivity index (χ0v) is 12.7. The smallest absolute Gasteiger partial charge is 0.408 e. The van der Waals surface area contributed by atoms with Gasteiger partial charge in [-0.05, 0) is 6.07 Å². The first-order valence-corrected chi connectivity index (χ1v) is 6.00. The van der Waals surface area contributed by atoms with Gasteiger partial charge in [-0.2, -0.15) is 0 Å². The van der Waals surface area contributed by atoms with E-state index in [9.17, 15) is 13.6 Å². The fourth-order valence-electron chi connectivity index (χ4n) is 1.94. The Bertz CT molecular complexity index is 542. The molecule has 1 atom stereocenters. The van der Waals surface area contributed by atoms with E-state index in [1.807, 2.05) is 0 Å². The van der Waals surface area contributed by atoms with Gasteiger partial charge in [-0.1, -0.05) is 17.7 Å². The standard InChI is InChI=1S/C12H12ClF2NO4.ClH/c1-18-7-4-3-6(8(13)9(7)19-2)10-12(14,15)5-20-11(17)16-10;/h3-4,10H,5H2,1-2H3,(H,16,17);1H/t10-;/m1./s1. The van der Waals surface area contributed by atoms with Crippen LogP contribution in [0.2, 0.25) is 5.02 Å². The average molecular weight is 344 g/mol. The second kappa shape index (κ2) is 6.53. The Hall–Kier alpha value is -1.47. The summed E-state index contributed by atoms with van der Waals surface area (Å²) < 4.78 is 42.1. The van der Waals surface area contributed by atoms with Gasteiger partial charge in [0.15, 0.2) is 18.1 Å². The van der Waals surface area contributed by atoms with Crippen LogP contribution in [0.5, 0.6) is 11.5 Å². The molecule has 0 saturated carbocycles. The van der Waals surface area contributed by atoms with E-state index < -0.39 is 24.7 Å². The van der Waals surface area contributed by atoms with E-state index >= 15 is 0 Å². The molecule has 0 spiro atoms. The fraction of sp³-hybridized carbons (Fsp3) is 0.417. The number of hydrogen-bond acceptors (Lipinski definition) is 4. The predicted octanol–water partition coefficient (Wildman–Crippen LogP) is 3.20. The van der Waals surface area contributed by atoms with E-state index in [0.29, 0.717) is 5.75 Å². The molecule has 21 heavy (non-hydrogen) atoms. The fourth-order valence-corrected chi connectivity index (χ4v) is 2.29. The lowest BCUT2D eigenvalue weighted by Gasteiger charge is -2.32. The first-order valence-electron chi connectivity index (χ1n) is 5.62. The third-order valence-corrected chi connectivity index (χ3v) is 3.30. The summed E-state index contributed by atoms with van der Waals surface area (Å²) >= 11 is 6.07. The second-order valence-corrected chi connectivity index (χ2v) is 4.50. The molecule has 1 aliphatic rings. The largest absolute Gasteiger partial charge is 0.493 e. The Morgan fingerprint density at radius 1 is 1.38 bits per heavy atom. The molecule has 0 unspecified atom stereocenters. The monoisotopic (exact) mass is 343 g/mol. The van der Waals surface area contributed by atoms with E-state index in [1.165, 1.54) is 26.4 Å². The number of ether oxygens (including phenoxy) is 3. The number of carbonyl (C=O) groups is 1. The number of rotatable bonds is 3. The summed E-state index contributed by atoms with van der Waals surface area (Å²) in [5.74, 6) is -2.84. The summed E-state index contributed by atoms with van der Waals surface area (Å²) in [5.41, 5.74) is 0.0333. The van der Waals surface area contributed by atoms with Crippen molar-refractivity contribution < 1.29 is 27.8 Å². The average Bonchev–Trinajstić information content (AvgIpc) is 2.41. The highest BCUT2D eigenvalue weighted by molar-refractivity contribution is 6.33. The maximum Gasteiger partial charge on any atom is 0.408 e. The van der Waals surface area contributed by atoms with Crippen molar-refractivity contribution in [2.45, 2.75) is 12.0 Å². The lowest BCUT2D eigenvalue weighted by molar-refractivity contribution is -0.104. The molecule has 9 heteroatoms. The first kappa shape index (κ1) is 17.6. The molecule has 1 aromatic rings. The van der Waals surface area contributed by atoms with Gasteiger partial charge < -0.3 is 19.5 Å². The molecule has 1 N–H and O–H groups in total. The van der Waals surface area contributed by atoms with Crippen molar-refractivity contribution in [2.24, 2.45) is 0 Å². The summed E-state index contributed by atoms with van der Waals surface area (Å²) in [6.45, 7) is -1.01. The van der Waals surface area contributed by atoms with E-state index in [-0.39, 0.29) is 28.7 Å². The normalized spacial score (nSPS) is 19.9. The number of amides is 1. The van der Waals surface area contributed by atoms with Crippen molar-refractivity contribution in [3.05, 3.63) is 22.7 Å². The molecule has 1 aliphatic heterocycles. The highest BCUT2D eigenvalue weighted by Crippen LogP contribution is 2.44. The Balaban J connectivity index is 0.00000220. The van der Waals surface area contributed by atoms with Crippen molar-refractivity contribution in [1.29, 1.82) is 0 Å². The number of nitrogens with one attached hydrogen (secondary N) is 1. The minimum absolute atomic E-state index is 0. The summed E-state index contributed by atoms with van der Waals surface area (Å²) in [5, 5.41) is 2.02. The van der Waals surface area contributed by atoms with Crippen LogP contribution in [0.25, 0.3) is 0 Å². The Kier molecular flexibility index (Phi) is 5.47. The lowest BCUT2D eigenvalue weighted by atomic mass is 9.99. The molecule has 1 saturated heterocycles. The number of carbonyl (C=O) groups excluding carboxylic acids is 1. The van der Waals surface area contributed by atoms with Crippen molar-refractivity contribution in [1.82, 2.24) is 5.32 Å². The van der Waals surface area contributed by atoms with Gasteiger partial charge in [-0.3, -0.25) is 0 Å². The van der Waals surface area contributed by atoms with Crippen LogP contribution in [-0.4, -0.2) is 32.8 Å². The number of methoxy groups -OCH3 is 2. The van der Waals surface area contributed by atoms with Crippen molar-refractivity contribution in [3.8, 4) is 11.5 Å². The predicted molar refractivity (Wildman–Crippen MR) is 74.0 cm³/mol. The molecule has 1 aromatic carbocycles. The quantitative estimate of drug-likeness (QED) is 0.915. The molecule has 0 aliphatic carbocycles. The van der Waals surface area contributed by atoms with Gasteiger partial charge in [0.25, 0.3) is 0 Å². The number of alkyl carbamates (subject to hydrolysis) is 1. The van der Waals surface area contributed by atoms with Gasteiger partial charge in [0.2, 0.25) is 0 Å². The number of cyclic esters (lactones) is 1. The van der Waals surface area contributed by atoms with Crippen molar-refractivity contribution in [2.75, 3.05) is 20.8 Å². The van der Waals surface area contributed by atoms with Crippen LogP contribution in [0.4, 0.5) is 13.6 Å². The third-order valence-electron chi connectivity index (χ3n) is 2.91. The molecule has 0 radical (unpaired) electrons. The third kappa shape index (κ3) is 3.24. The molecule has 0 aromatic heterocycles. The van der Waals surface area contributed by atoms with Crippen LogP contribution in [0.15, 0.2) is 12.1 Å². The zero-order chi connectivity index (χ0) is 14.9. The number of hydrogen-bond donors (Lipinski definition) is 1. The van der Waals surface area contributed by atoms with Gasteiger partial charge in [0.1, 0.15) is 6.04 Å². The molecular weight excluding hydrogens is 331 g/mol. The van der Waals surface area contributed by atoms with Gasteiger partial charge in [0, 0.05) is 5.56 Å². The highest BCUT2D eigenvalue weighted by Gasteiger charge is 2.48. The summed E-state index contributed by atoms with van der Waals surface area (Å²) in [6.07, 6.45) is -0.924. The van der Waals surface area contributed by atoms with Crippen LogP contribution < -0.4 is 14.8 Å². The van der Waals surface area contributed by atoms with Crippen LogP contribution in [-0.2, 0) is 4.74 Å².